The number of hydrogen-bond acceptors (Lipinski definition) is 5. The van der Waals surface area contributed by atoms with Gasteiger partial charge in [-0.1, -0.05) is 0 Å². The van der Waals surface area contributed by atoms with E-state index in [1.807, 2.05) is 19.9 Å². The number of carbonyl (C=O) groups is 1. The maximum absolute atomic E-state index is 11.0. The van der Waals surface area contributed by atoms with Crippen LogP contribution in [0.25, 0.3) is 0 Å². The van der Waals surface area contributed by atoms with Crippen LogP contribution in [0.5, 0.6) is 5.88 Å². The van der Waals surface area contributed by atoms with Crippen LogP contribution in [0.1, 0.15) is 33.1 Å². The van der Waals surface area contributed by atoms with Gasteiger partial charge in [0.15, 0.2) is 0 Å². The van der Waals surface area contributed by atoms with Gasteiger partial charge in [0.2, 0.25) is 5.88 Å². The molecule has 3 atom stereocenters. The number of piperidine rings is 1. The predicted molar refractivity (Wildman–Crippen MR) is 90.4 cm³/mol. The molecular weight excluding hydrogens is 308 g/mol. The number of methoxy groups -OCH3 is 1. The van der Waals surface area contributed by atoms with Crippen LogP contribution >= 0.6 is 0 Å². The van der Waals surface area contributed by atoms with E-state index in [9.17, 15) is 4.79 Å². The van der Waals surface area contributed by atoms with Gasteiger partial charge in [0.1, 0.15) is 12.1 Å². The minimum Gasteiger partial charge on any atom is -0.481 e. The van der Waals surface area contributed by atoms with Gasteiger partial charge in [0.25, 0.3) is 0 Å². The van der Waals surface area contributed by atoms with Gasteiger partial charge in [-0.05, 0) is 50.9 Å². The first-order valence-corrected chi connectivity index (χ1v) is 8.50. The first-order chi connectivity index (χ1) is 11.4. The van der Waals surface area contributed by atoms with Gasteiger partial charge in [0, 0.05) is 24.7 Å². The second-order valence-electron chi connectivity index (χ2n) is 7.60. The summed E-state index contributed by atoms with van der Waals surface area (Å²) < 4.78 is 5.20. The highest BCUT2D eigenvalue weighted by Gasteiger charge is 2.44. The summed E-state index contributed by atoms with van der Waals surface area (Å²) in [6.07, 6.45) is 3.89. The average molecular weight is 334 g/mol. The Hall–Kier alpha value is -2.05. The molecule has 3 rings (SSSR count). The maximum Gasteiger partial charge on any atom is 0.405 e. The molecule has 0 aromatic carbocycles. The smallest absolute Gasteiger partial charge is 0.405 e. The van der Waals surface area contributed by atoms with E-state index in [1.54, 1.807) is 13.4 Å². The van der Waals surface area contributed by atoms with Crippen molar-refractivity contribution in [3.63, 3.8) is 0 Å². The fraction of sp³-hybridized carbons (Fsp3) is 0.706. The molecule has 1 saturated carbocycles. The maximum atomic E-state index is 11.0. The van der Waals surface area contributed by atoms with Crippen LogP contribution < -0.4 is 15.0 Å². The number of amides is 1. The van der Waals surface area contributed by atoms with E-state index < -0.39 is 11.6 Å². The normalized spacial score (nSPS) is 26.3. The van der Waals surface area contributed by atoms with E-state index in [0.717, 1.165) is 25.3 Å². The van der Waals surface area contributed by atoms with Crippen LogP contribution in [0.4, 0.5) is 10.6 Å². The van der Waals surface area contributed by atoms with Gasteiger partial charge in [-0.3, -0.25) is 0 Å². The second kappa shape index (κ2) is 6.45. The Morgan fingerprint density at radius 2 is 2.04 bits per heavy atom. The molecule has 2 aliphatic rings. The molecule has 1 aliphatic heterocycles. The zero-order valence-electron chi connectivity index (χ0n) is 14.5. The largest absolute Gasteiger partial charge is 0.481 e. The van der Waals surface area contributed by atoms with Crippen LogP contribution in [0, 0.1) is 17.8 Å². The Kier molecular flexibility index (Phi) is 4.51. The lowest BCUT2D eigenvalue weighted by Crippen LogP contribution is -2.49. The third-order valence-corrected chi connectivity index (χ3v) is 5.38. The predicted octanol–water partition coefficient (Wildman–Crippen LogP) is 2.38. The summed E-state index contributed by atoms with van der Waals surface area (Å²) in [4.78, 5) is 21.8. The highest BCUT2D eigenvalue weighted by molar-refractivity contribution is 5.65. The van der Waals surface area contributed by atoms with E-state index in [4.69, 9.17) is 9.84 Å². The van der Waals surface area contributed by atoms with Gasteiger partial charge in [-0.25, -0.2) is 14.8 Å². The molecule has 1 unspecified atom stereocenters. The van der Waals surface area contributed by atoms with Crippen LogP contribution in [-0.4, -0.2) is 46.9 Å². The van der Waals surface area contributed by atoms with Gasteiger partial charge in [-0.2, -0.15) is 0 Å². The van der Waals surface area contributed by atoms with Gasteiger partial charge < -0.3 is 20.1 Å². The molecule has 1 amide bonds. The Labute approximate surface area is 142 Å². The fourth-order valence-corrected chi connectivity index (χ4v) is 4.40. The molecule has 2 heterocycles. The average Bonchev–Trinajstić information content (AvgIpc) is 2.74. The summed E-state index contributed by atoms with van der Waals surface area (Å²) >= 11 is 0. The number of nitrogens with zero attached hydrogens (tertiary/aromatic N) is 3. The first-order valence-electron chi connectivity index (χ1n) is 8.50. The van der Waals surface area contributed by atoms with Crippen molar-refractivity contribution in [1.82, 2.24) is 15.3 Å². The summed E-state index contributed by atoms with van der Waals surface area (Å²) in [6, 6.07) is 1.88. The fourth-order valence-electron chi connectivity index (χ4n) is 4.40. The van der Waals surface area contributed by atoms with Crippen molar-refractivity contribution in [3.05, 3.63) is 12.4 Å². The monoisotopic (exact) mass is 334 g/mol. The number of nitrogens with one attached hydrogen (secondary N) is 1. The lowest BCUT2D eigenvalue weighted by Gasteiger charge is -2.41. The molecule has 2 N–H and O–H groups in total. The first kappa shape index (κ1) is 16.8. The Morgan fingerprint density at radius 3 is 2.62 bits per heavy atom. The van der Waals surface area contributed by atoms with Crippen LogP contribution in [0.3, 0.4) is 0 Å². The van der Waals surface area contributed by atoms with Crippen LogP contribution in [0.15, 0.2) is 12.4 Å². The van der Waals surface area contributed by atoms with Crippen LogP contribution in [0.2, 0.25) is 0 Å². The molecule has 0 radical (unpaired) electrons. The summed E-state index contributed by atoms with van der Waals surface area (Å²) in [5, 5.41) is 11.7. The van der Waals surface area contributed by atoms with E-state index in [0.29, 0.717) is 23.6 Å². The van der Waals surface area contributed by atoms with E-state index in [-0.39, 0.29) is 0 Å². The zero-order valence-corrected chi connectivity index (χ0v) is 14.5. The van der Waals surface area contributed by atoms with E-state index >= 15 is 0 Å². The molecular formula is C17H26N4O3. The third kappa shape index (κ3) is 3.55. The van der Waals surface area contributed by atoms with Crippen LogP contribution in [-0.2, 0) is 0 Å². The van der Waals surface area contributed by atoms with Gasteiger partial charge in [-0.15, -0.1) is 0 Å². The van der Waals surface area contributed by atoms with Crippen molar-refractivity contribution in [2.24, 2.45) is 17.8 Å². The molecule has 2 fully saturated rings. The standard InChI is InChI=1S/C17H26N4O3/c1-17(2,20-16(22)23)7-13-11-4-5-12(13)9-21(8-11)14-6-15(24-3)19-10-18-14/h6,10-13,20H,4-5,7-9H2,1-3H3,(H,22,23)/t11-,12+,13?. The highest BCUT2D eigenvalue weighted by atomic mass is 16.5. The minimum atomic E-state index is -0.946. The third-order valence-electron chi connectivity index (χ3n) is 5.38. The molecule has 0 spiro atoms. The lowest BCUT2D eigenvalue weighted by molar-refractivity contribution is 0.160. The molecule has 1 aliphatic carbocycles. The minimum absolute atomic E-state index is 0.391. The summed E-state index contributed by atoms with van der Waals surface area (Å²) in [5.74, 6) is 3.23. The summed E-state index contributed by atoms with van der Waals surface area (Å²) in [5.41, 5.74) is -0.391. The van der Waals surface area contributed by atoms with Crippen molar-refractivity contribution in [2.75, 3.05) is 25.1 Å². The molecule has 24 heavy (non-hydrogen) atoms. The molecule has 7 heteroatoms. The number of fused-ring (bicyclic) bond motifs is 2. The molecule has 1 aromatic heterocycles. The Balaban J connectivity index is 1.69. The topological polar surface area (TPSA) is 87.6 Å². The van der Waals surface area contributed by atoms with E-state index in [1.165, 1.54) is 12.8 Å². The number of aromatic nitrogens is 2. The quantitative estimate of drug-likeness (QED) is 0.859. The second-order valence-corrected chi connectivity index (χ2v) is 7.60. The van der Waals surface area contributed by atoms with Crippen molar-refractivity contribution in [1.29, 1.82) is 0 Å². The van der Waals surface area contributed by atoms with Gasteiger partial charge in [0.05, 0.1) is 7.11 Å². The number of ether oxygens (including phenoxy) is 1. The zero-order chi connectivity index (χ0) is 17.3. The molecule has 132 valence electrons. The Morgan fingerprint density at radius 1 is 1.38 bits per heavy atom. The van der Waals surface area contributed by atoms with Crippen molar-refractivity contribution in [2.45, 2.75) is 38.6 Å². The number of rotatable bonds is 5. The number of anilines is 1. The van der Waals surface area contributed by atoms with Gasteiger partial charge >= 0.3 is 6.09 Å². The lowest BCUT2D eigenvalue weighted by atomic mass is 9.77. The molecule has 7 nitrogen and oxygen atoms in total. The number of carboxylic acid groups (broad SMARTS) is 1. The summed E-state index contributed by atoms with van der Waals surface area (Å²) in [6.45, 7) is 5.87. The SMILES string of the molecule is COc1cc(N2C[C@H]3CC[C@@H](C2)C3CC(C)(C)NC(=O)O)ncn1. The van der Waals surface area contributed by atoms with E-state index in [2.05, 4.69) is 20.2 Å². The number of hydrogen-bond donors (Lipinski definition) is 2. The van der Waals surface area contributed by atoms with Crippen molar-refractivity contribution >= 4 is 11.9 Å². The van der Waals surface area contributed by atoms with Crippen molar-refractivity contribution < 1.29 is 14.6 Å². The molecule has 1 aromatic rings. The molecule has 1 saturated heterocycles. The Bertz CT molecular complexity index is 593. The summed E-state index contributed by atoms with van der Waals surface area (Å²) in [7, 11) is 1.61. The molecule has 2 bridgehead atoms. The van der Waals surface area contributed by atoms with Crippen molar-refractivity contribution in [3.8, 4) is 5.88 Å². The highest BCUT2D eigenvalue weighted by Crippen LogP contribution is 2.46.